The second-order valence-electron chi connectivity index (χ2n) is 4.06. The summed E-state index contributed by atoms with van der Waals surface area (Å²) in [5.74, 6) is -1.27. The number of ether oxygens (including phenoxy) is 1. The van der Waals surface area contributed by atoms with Gasteiger partial charge in [0.2, 0.25) is 0 Å². The van der Waals surface area contributed by atoms with E-state index in [2.05, 4.69) is 5.32 Å². The van der Waals surface area contributed by atoms with Gasteiger partial charge in [0, 0.05) is 12.1 Å². The molecule has 1 aromatic rings. The lowest BCUT2D eigenvalue weighted by molar-refractivity contribution is 0.400. The van der Waals surface area contributed by atoms with Crippen LogP contribution in [0.5, 0.6) is 5.75 Å². The zero-order valence-corrected chi connectivity index (χ0v) is 9.22. The quantitative estimate of drug-likeness (QED) is 0.833. The molecule has 0 spiro atoms. The summed E-state index contributed by atoms with van der Waals surface area (Å²) in [7, 11) is 1.46. The third-order valence-corrected chi connectivity index (χ3v) is 2.73. The third-order valence-electron chi connectivity index (χ3n) is 2.73. The van der Waals surface area contributed by atoms with Crippen LogP contribution in [0.2, 0.25) is 0 Å². The Morgan fingerprint density at radius 3 is 2.62 bits per heavy atom. The highest BCUT2D eigenvalue weighted by molar-refractivity contribution is 5.35. The van der Waals surface area contributed by atoms with Crippen LogP contribution in [-0.2, 0) is 6.42 Å². The maximum atomic E-state index is 13.0. The van der Waals surface area contributed by atoms with Gasteiger partial charge in [-0.15, -0.1) is 0 Å². The largest absolute Gasteiger partial charge is 0.496 e. The smallest absolute Gasteiger partial charge is 0.162 e. The first-order valence-corrected chi connectivity index (χ1v) is 5.46. The number of methoxy groups -OCH3 is 1. The summed E-state index contributed by atoms with van der Waals surface area (Å²) in [5.41, 5.74) is 0.703. The molecule has 0 amide bonds. The molecule has 0 unspecified atom stereocenters. The van der Waals surface area contributed by atoms with Crippen molar-refractivity contribution in [1.82, 2.24) is 5.32 Å². The summed E-state index contributed by atoms with van der Waals surface area (Å²) in [6.45, 7) is 0.770. The molecule has 0 saturated heterocycles. The Labute approximate surface area is 93.6 Å². The summed E-state index contributed by atoms with van der Waals surface area (Å²) in [6.07, 6.45) is 3.08. The van der Waals surface area contributed by atoms with Gasteiger partial charge in [-0.05, 0) is 37.4 Å². The maximum Gasteiger partial charge on any atom is 0.162 e. The van der Waals surface area contributed by atoms with E-state index in [1.54, 1.807) is 0 Å². The SMILES string of the molecule is COc1cc(F)c(F)cc1CCNC1CC1. The average Bonchev–Trinajstić information content (AvgIpc) is 3.07. The van der Waals surface area contributed by atoms with E-state index in [0.717, 1.165) is 12.6 Å². The first-order chi connectivity index (χ1) is 7.70. The summed E-state index contributed by atoms with van der Waals surface area (Å²) in [4.78, 5) is 0. The zero-order chi connectivity index (χ0) is 11.5. The van der Waals surface area contributed by atoms with Gasteiger partial charge in [0.15, 0.2) is 11.6 Å². The number of rotatable bonds is 5. The molecular weight excluding hydrogens is 212 g/mol. The molecule has 88 valence electrons. The van der Waals surface area contributed by atoms with Crippen LogP contribution < -0.4 is 10.1 Å². The predicted molar refractivity (Wildman–Crippen MR) is 57.6 cm³/mol. The fraction of sp³-hybridized carbons (Fsp3) is 0.500. The van der Waals surface area contributed by atoms with Crippen molar-refractivity contribution in [3.8, 4) is 5.75 Å². The van der Waals surface area contributed by atoms with E-state index in [-0.39, 0.29) is 0 Å². The number of halogens is 2. The minimum absolute atomic E-state index is 0.413. The van der Waals surface area contributed by atoms with E-state index in [1.807, 2.05) is 0 Å². The van der Waals surface area contributed by atoms with Crippen molar-refractivity contribution in [2.45, 2.75) is 25.3 Å². The molecule has 0 aliphatic heterocycles. The van der Waals surface area contributed by atoms with Crippen molar-refractivity contribution in [2.24, 2.45) is 0 Å². The average molecular weight is 227 g/mol. The Morgan fingerprint density at radius 2 is 2.00 bits per heavy atom. The normalized spacial score (nSPS) is 15.2. The highest BCUT2D eigenvalue weighted by atomic mass is 19.2. The first-order valence-electron chi connectivity index (χ1n) is 5.46. The molecule has 0 atom stereocenters. The lowest BCUT2D eigenvalue weighted by Crippen LogP contribution is -2.19. The Kier molecular flexibility index (Phi) is 3.39. The fourth-order valence-corrected chi connectivity index (χ4v) is 1.65. The van der Waals surface area contributed by atoms with Gasteiger partial charge in [-0.2, -0.15) is 0 Å². The van der Waals surface area contributed by atoms with E-state index in [1.165, 1.54) is 26.0 Å². The Morgan fingerprint density at radius 1 is 1.31 bits per heavy atom. The van der Waals surface area contributed by atoms with Gasteiger partial charge in [-0.3, -0.25) is 0 Å². The van der Waals surface area contributed by atoms with Crippen LogP contribution in [0.15, 0.2) is 12.1 Å². The molecule has 1 N–H and O–H groups in total. The first kappa shape index (κ1) is 11.3. The molecule has 1 saturated carbocycles. The van der Waals surface area contributed by atoms with Crippen LogP contribution in [0.25, 0.3) is 0 Å². The van der Waals surface area contributed by atoms with Crippen molar-refractivity contribution < 1.29 is 13.5 Å². The monoisotopic (exact) mass is 227 g/mol. The van der Waals surface area contributed by atoms with Crippen LogP contribution in [0, 0.1) is 11.6 Å². The van der Waals surface area contributed by atoms with Gasteiger partial charge in [-0.1, -0.05) is 0 Å². The second kappa shape index (κ2) is 4.78. The molecule has 0 aromatic heterocycles. The van der Waals surface area contributed by atoms with Gasteiger partial charge in [0.05, 0.1) is 7.11 Å². The molecule has 0 radical (unpaired) electrons. The highest BCUT2D eigenvalue weighted by Gasteiger charge is 2.20. The van der Waals surface area contributed by atoms with Crippen LogP contribution in [-0.4, -0.2) is 19.7 Å². The van der Waals surface area contributed by atoms with Crippen LogP contribution in [0.1, 0.15) is 18.4 Å². The van der Waals surface area contributed by atoms with Gasteiger partial charge in [-0.25, -0.2) is 8.78 Å². The lowest BCUT2D eigenvalue weighted by atomic mass is 10.1. The summed E-state index contributed by atoms with van der Waals surface area (Å²) >= 11 is 0. The molecule has 4 heteroatoms. The molecule has 16 heavy (non-hydrogen) atoms. The molecule has 1 aliphatic carbocycles. The molecule has 1 fully saturated rings. The second-order valence-corrected chi connectivity index (χ2v) is 4.06. The lowest BCUT2D eigenvalue weighted by Gasteiger charge is -2.09. The van der Waals surface area contributed by atoms with Gasteiger partial charge >= 0.3 is 0 Å². The molecule has 0 bridgehead atoms. The van der Waals surface area contributed by atoms with E-state index in [4.69, 9.17) is 4.74 Å². The number of benzene rings is 1. The maximum absolute atomic E-state index is 13.0. The number of nitrogens with one attached hydrogen (secondary N) is 1. The minimum Gasteiger partial charge on any atom is -0.496 e. The van der Waals surface area contributed by atoms with E-state index in [9.17, 15) is 8.78 Å². The van der Waals surface area contributed by atoms with Crippen LogP contribution >= 0.6 is 0 Å². The van der Waals surface area contributed by atoms with Crippen LogP contribution in [0.4, 0.5) is 8.78 Å². The molecular formula is C12H15F2NO. The van der Waals surface area contributed by atoms with Gasteiger partial charge in [0.25, 0.3) is 0 Å². The molecule has 0 heterocycles. The van der Waals surface area contributed by atoms with Crippen LogP contribution in [0.3, 0.4) is 0 Å². The van der Waals surface area contributed by atoms with Gasteiger partial charge in [0.1, 0.15) is 5.75 Å². The zero-order valence-electron chi connectivity index (χ0n) is 9.22. The highest BCUT2D eigenvalue weighted by Crippen LogP contribution is 2.23. The fourth-order valence-electron chi connectivity index (χ4n) is 1.65. The third kappa shape index (κ3) is 2.70. The van der Waals surface area contributed by atoms with Crippen molar-refractivity contribution >= 4 is 0 Å². The van der Waals surface area contributed by atoms with Crippen molar-refractivity contribution in [1.29, 1.82) is 0 Å². The van der Waals surface area contributed by atoms with E-state index in [0.29, 0.717) is 23.8 Å². The summed E-state index contributed by atoms with van der Waals surface area (Å²) in [6, 6.07) is 2.93. The Bertz CT molecular complexity index is 378. The predicted octanol–water partition coefficient (Wildman–Crippen LogP) is 2.27. The number of hydrogen-bond acceptors (Lipinski definition) is 2. The molecule has 1 aromatic carbocycles. The molecule has 2 rings (SSSR count). The van der Waals surface area contributed by atoms with Gasteiger partial charge < -0.3 is 10.1 Å². The minimum atomic E-state index is -0.865. The summed E-state index contributed by atoms with van der Waals surface area (Å²) in [5, 5.41) is 3.32. The molecule has 2 nitrogen and oxygen atoms in total. The molecule has 1 aliphatic rings. The Balaban J connectivity index is 2.01. The summed E-state index contributed by atoms with van der Waals surface area (Å²) < 4.78 is 31.0. The van der Waals surface area contributed by atoms with Crippen molar-refractivity contribution in [2.75, 3.05) is 13.7 Å². The van der Waals surface area contributed by atoms with E-state index >= 15 is 0 Å². The number of hydrogen-bond donors (Lipinski definition) is 1. The van der Waals surface area contributed by atoms with Crippen molar-refractivity contribution in [3.63, 3.8) is 0 Å². The topological polar surface area (TPSA) is 21.3 Å². The van der Waals surface area contributed by atoms with E-state index < -0.39 is 11.6 Å². The van der Waals surface area contributed by atoms with Crippen molar-refractivity contribution in [3.05, 3.63) is 29.3 Å². The Hall–Kier alpha value is -1.16. The standard InChI is InChI=1S/C12H15F2NO/c1-16-12-7-11(14)10(13)6-8(12)4-5-15-9-2-3-9/h6-7,9,15H,2-5H2,1H3.